The topological polar surface area (TPSA) is 20.2 Å². The molecule has 0 heterocycles. The van der Waals surface area contributed by atoms with Crippen LogP contribution in [0.15, 0.2) is 22.7 Å². The molecule has 0 aromatic heterocycles. The summed E-state index contributed by atoms with van der Waals surface area (Å²) in [6.45, 7) is 2.18. The van der Waals surface area contributed by atoms with Gasteiger partial charge in [-0.2, -0.15) is 0 Å². The normalized spacial score (nSPS) is 29.3. The van der Waals surface area contributed by atoms with Gasteiger partial charge in [0.1, 0.15) is 5.82 Å². The Kier molecular flexibility index (Phi) is 3.88. The van der Waals surface area contributed by atoms with Crippen LogP contribution in [-0.4, -0.2) is 5.11 Å². The summed E-state index contributed by atoms with van der Waals surface area (Å²) in [4.78, 5) is 0. The van der Waals surface area contributed by atoms with Gasteiger partial charge >= 0.3 is 0 Å². The summed E-state index contributed by atoms with van der Waals surface area (Å²) >= 11 is 3.33. The summed E-state index contributed by atoms with van der Waals surface area (Å²) in [6.07, 6.45) is 4.45. The van der Waals surface area contributed by atoms with E-state index in [1.54, 1.807) is 12.1 Å². The second kappa shape index (κ2) is 5.07. The number of rotatable bonds is 2. The molecule has 1 fully saturated rings. The van der Waals surface area contributed by atoms with Crippen LogP contribution in [0.1, 0.15) is 44.6 Å². The first kappa shape index (κ1) is 13.0. The van der Waals surface area contributed by atoms with Crippen molar-refractivity contribution in [1.29, 1.82) is 0 Å². The summed E-state index contributed by atoms with van der Waals surface area (Å²) in [5.41, 5.74) is -0.527. The highest BCUT2D eigenvalue weighted by Crippen LogP contribution is 2.41. The Morgan fingerprint density at radius 3 is 2.65 bits per heavy atom. The third-order valence-electron chi connectivity index (χ3n) is 3.94. The van der Waals surface area contributed by atoms with Gasteiger partial charge < -0.3 is 5.11 Å². The summed E-state index contributed by atoms with van der Waals surface area (Å²) in [7, 11) is 0. The monoisotopic (exact) mass is 300 g/mol. The fraction of sp³-hybridized carbons (Fsp3) is 0.571. The number of hydrogen-bond donors (Lipinski definition) is 1. The second-order valence-corrected chi connectivity index (χ2v) is 5.92. The molecule has 0 saturated heterocycles. The van der Waals surface area contributed by atoms with Gasteiger partial charge in [-0.1, -0.05) is 29.3 Å². The lowest BCUT2D eigenvalue weighted by molar-refractivity contribution is -0.0174. The Bertz CT molecular complexity index is 397. The second-order valence-electron chi connectivity index (χ2n) is 5.01. The van der Waals surface area contributed by atoms with E-state index in [0.29, 0.717) is 24.3 Å². The van der Waals surface area contributed by atoms with E-state index < -0.39 is 5.60 Å². The van der Waals surface area contributed by atoms with Crippen LogP contribution in [0.2, 0.25) is 0 Å². The van der Waals surface area contributed by atoms with Crippen LogP contribution in [0.25, 0.3) is 0 Å². The van der Waals surface area contributed by atoms with Crippen molar-refractivity contribution in [3.63, 3.8) is 0 Å². The van der Waals surface area contributed by atoms with Crippen LogP contribution in [0, 0.1) is 11.7 Å². The minimum atomic E-state index is -0.973. The number of aliphatic hydroxyl groups is 1. The minimum absolute atomic E-state index is 0.300. The minimum Gasteiger partial charge on any atom is -0.385 e. The molecular weight excluding hydrogens is 283 g/mol. The van der Waals surface area contributed by atoms with Crippen molar-refractivity contribution < 1.29 is 9.50 Å². The van der Waals surface area contributed by atoms with E-state index in [0.717, 1.165) is 23.7 Å². The molecule has 0 amide bonds. The van der Waals surface area contributed by atoms with E-state index in [1.807, 2.05) is 0 Å². The molecule has 3 heteroatoms. The Morgan fingerprint density at radius 2 is 2.06 bits per heavy atom. The average Bonchev–Trinajstić information content (AvgIpc) is 2.33. The first-order valence-electron chi connectivity index (χ1n) is 6.23. The predicted octanol–water partition coefficient (Wildman–Crippen LogP) is 4.38. The fourth-order valence-corrected chi connectivity index (χ4v) is 3.05. The Hall–Kier alpha value is -0.410. The van der Waals surface area contributed by atoms with Crippen molar-refractivity contribution >= 4 is 15.9 Å². The van der Waals surface area contributed by atoms with Gasteiger partial charge in [-0.25, -0.2) is 4.39 Å². The zero-order valence-corrected chi connectivity index (χ0v) is 11.6. The van der Waals surface area contributed by atoms with Crippen LogP contribution in [0.3, 0.4) is 0 Å². The molecule has 1 aliphatic carbocycles. The molecule has 0 atom stereocenters. The van der Waals surface area contributed by atoms with Crippen molar-refractivity contribution in [3.05, 3.63) is 34.1 Å². The van der Waals surface area contributed by atoms with Gasteiger partial charge in [0.2, 0.25) is 0 Å². The molecule has 0 spiro atoms. The smallest absolute Gasteiger partial charge is 0.129 e. The van der Waals surface area contributed by atoms with Gasteiger partial charge in [-0.15, -0.1) is 0 Å². The van der Waals surface area contributed by atoms with Crippen LogP contribution >= 0.6 is 15.9 Å². The van der Waals surface area contributed by atoms with Crippen molar-refractivity contribution in [1.82, 2.24) is 0 Å². The molecule has 0 aliphatic heterocycles. The zero-order valence-electron chi connectivity index (χ0n) is 10.0. The summed E-state index contributed by atoms with van der Waals surface area (Å²) < 4.78 is 14.6. The van der Waals surface area contributed by atoms with E-state index >= 15 is 0 Å². The lowest BCUT2D eigenvalue weighted by atomic mass is 9.74. The summed E-state index contributed by atoms with van der Waals surface area (Å²) in [5.74, 6) is 0.385. The molecule has 1 N–H and O–H groups in total. The Morgan fingerprint density at radius 1 is 1.41 bits per heavy atom. The Balaban J connectivity index is 2.24. The molecule has 2 rings (SSSR count). The van der Waals surface area contributed by atoms with Crippen molar-refractivity contribution in [2.45, 2.75) is 44.6 Å². The van der Waals surface area contributed by atoms with Gasteiger partial charge in [0.05, 0.1) is 5.60 Å². The summed E-state index contributed by atoms with van der Waals surface area (Å²) in [5, 5.41) is 10.6. The highest BCUT2D eigenvalue weighted by Gasteiger charge is 2.36. The number of hydrogen-bond acceptors (Lipinski definition) is 1. The van der Waals surface area contributed by atoms with Crippen molar-refractivity contribution in [2.24, 2.45) is 5.92 Å². The van der Waals surface area contributed by atoms with Crippen molar-refractivity contribution in [3.8, 4) is 0 Å². The highest BCUT2D eigenvalue weighted by atomic mass is 79.9. The largest absolute Gasteiger partial charge is 0.385 e. The Labute approximate surface area is 110 Å². The summed E-state index contributed by atoms with van der Waals surface area (Å²) in [6, 6.07) is 4.80. The first-order chi connectivity index (χ1) is 8.05. The maximum Gasteiger partial charge on any atom is 0.129 e. The van der Waals surface area contributed by atoms with Gasteiger partial charge in [0.25, 0.3) is 0 Å². The average molecular weight is 301 g/mol. The third-order valence-corrected chi connectivity index (χ3v) is 4.43. The molecule has 1 aromatic carbocycles. The van der Waals surface area contributed by atoms with Gasteiger partial charge in [0, 0.05) is 10.0 Å². The maximum absolute atomic E-state index is 13.8. The SMILES string of the molecule is CCC1CCC(O)(c2cc(Br)ccc2F)CC1. The van der Waals surface area contributed by atoms with Gasteiger partial charge in [0.15, 0.2) is 0 Å². The molecule has 1 aromatic rings. The van der Waals surface area contributed by atoms with E-state index in [4.69, 9.17) is 0 Å². The van der Waals surface area contributed by atoms with E-state index in [9.17, 15) is 9.50 Å². The standard InChI is InChI=1S/C14H18BrFO/c1-2-10-5-7-14(17,8-6-10)12-9-11(15)3-4-13(12)16/h3-4,9-10,17H,2,5-8H2,1H3. The van der Waals surface area contributed by atoms with Crippen molar-refractivity contribution in [2.75, 3.05) is 0 Å². The number of halogens is 2. The molecule has 0 bridgehead atoms. The third kappa shape index (κ3) is 2.71. The predicted molar refractivity (Wildman–Crippen MR) is 70.2 cm³/mol. The van der Waals surface area contributed by atoms with Crippen LogP contribution < -0.4 is 0 Å². The van der Waals surface area contributed by atoms with Crippen LogP contribution in [0.4, 0.5) is 4.39 Å². The molecule has 1 saturated carbocycles. The molecule has 1 aliphatic rings. The zero-order chi connectivity index (χ0) is 12.5. The van der Waals surface area contributed by atoms with Gasteiger partial charge in [-0.05, 0) is 49.8 Å². The van der Waals surface area contributed by atoms with E-state index in [-0.39, 0.29) is 5.82 Å². The van der Waals surface area contributed by atoms with Gasteiger partial charge in [-0.3, -0.25) is 0 Å². The molecule has 94 valence electrons. The molecule has 0 radical (unpaired) electrons. The maximum atomic E-state index is 13.8. The molecule has 17 heavy (non-hydrogen) atoms. The highest BCUT2D eigenvalue weighted by molar-refractivity contribution is 9.10. The first-order valence-corrected chi connectivity index (χ1v) is 7.02. The molecular formula is C14H18BrFO. The lowest BCUT2D eigenvalue weighted by Crippen LogP contribution is -2.32. The van der Waals surface area contributed by atoms with Crippen LogP contribution in [-0.2, 0) is 5.60 Å². The van der Waals surface area contributed by atoms with E-state index in [2.05, 4.69) is 22.9 Å². The van der Waals surface area contributed by atoms with Crippen LogP contribution in [0.5, 0.6) is 0 Å². The fourth-order valence-electron chi connectivity index (χ4n) is 2.69. The molecule has 0 unspecified atom stereocenters. The number of benzene rings is 1. The molecule has 1 nitrogen and oxygen atoms in total. The quantitative estimate of drug-likeness (QED) is 0.859. The lowest BCUT2D eigenvalue weighted by Gasteiger charge is -2.36. The van der Waals surface area contributed by atoms with E-state index in [1.165, 1.54) is 6.07 Å².